The van der Waals surface area contributed by atoms with Crippen molar-refractivity contribution in [2.24, 2.45) is 0 Å². The van der Waals surface area contributed by atoms with E-state index in [-0.39, 0.29) is 30.3 Å². The van der Waals surface area contributed by atoms with Crippen LogP contribution in [0.2, 0.25) is 0 Å². The first kappa shape index (κ1) is 14.4. The van der Waals surface area contributed by atoms with Gasteiger partial charge in [-0.25, -0.2) is 4.39 Å². The second-order valence-electron chi connectivity index (χ2n) is 4.00. The third-order valence-electron chi connectivity index (χ3n) is 2.85. The molecule has 4 heteroatoms. The van der Waals surface area contributed by atoms with E-state index >= 15 is 0 Å². The maximum atomic E-state index is 12.7. The van der Waals surface area contributed by atoms with Crippen LogP contribution in [0.4, 0.5) is 4.39 Å². The zero-order chi connectivity index (χ0) is 13.5. The number of carbonyl (C=O) groups excluding carboxylic acids is 2. The lowest BCUT2D eigenvalue weighted by Crippen LogP contribution is -2.30. The largest absolute Gasteiger partial charge is 0.343 e. The fourth-order valence-electron chi connectivity index (χ4n) is 1.74. The predicted molar refractivity (Wildman–Crippen MR) is 67.9 cm³/mol. The summed E-state index contributed by atoms with van der Waals surface area (Å²) in [5.41, 5.74) is 0.448. The Kier molecular flexibility index (Phi) is 5.49. The third-order valence-corrected chi connectivity index (χ3v) is 2.85. The van der Waals surface area contributed by atoms with Crippen LogP contribution in [0.5, 0.6) is 0 Å². The second-order valence-corrected chi connectivity index (χ2v) is 4.00. The molecule has 0 heterocycles. The van der Waals surface area contributed by atoms with Crippen molar-refractivity contribution < 1.29 is 14.0 Å². The molecule has 0 unspecified atom stereocenters. The van der Waals surface area contributed by atoms with Crippen LogP contribution in [-0.4, -0.2) is 29.7 Å². The number of rotatable bonds is 6. The van der Waals surface area contributed by atoms with Gasteiger partial charge in [0.25, 0.3) is 0 Å². The molecule has 0 spiro atoms. The number of amides is 1. The van der Waals surface area contributed by atoms with Crippen molar-refractivity contribution in [1.29, 1.82) is 0 Å². The smallest absolute Gasteiger partial charge is 0.223 e. The Morgan fingerprint density at radius 3 is 2.11 bits per heavy atom. The molecule has 0 fully saturated rings. The van der Waals surface area contributed by atoms with Crippen molar-refractivity contribution in [1.82, 2.24) is 4.90 Å². The lowest BCUT2D eigenvalue weighted by molar-refractivity contribution is -0.130. The number of hydrogen-bond donors (Lipinski definition) is 0. The summed E-state index contributed by atoms with van der Waals surface area (Å²) in [6, 6.07) is 5.39. The zero-order valence-electron chi connectivity index (χ0n) is 10.8. The van der Waals surface area contributed by atoms with Crippen LogP contribution in [0, 0.1) is 5.82 Å². The molecule has 1 aromatic carbocycles. The molecular formula is C14H18FNO2. The van der Waals surface area contributed by atoms with E-state index < -0.39 is 0 Å². The summed E-state index contributed by atoms with van der Waals surface area (Å²) in [4.78, 5) is 25.2. The molecule has 3 nitrogen and oxygen atoms in total. The fourth-order valence-corrected chi connectivity index (χ4v) is 1.74. The minimum Gasteiger partial charge on any atom is -0.343 e. The van der Waals surface area contributed by atoms with Crippen LogP contribution in [0.1, 0.15) is 37.0 Å². The maximum absolute atomic E-state index is 12.7. The van der Waals surface area contributed by atoms with E-state index in [0.717, 1.165) is 0 Å². The van der Waals surface area contributed by atoms with Crippen molar-refractivity contribution in [2.75, 3.05) is 13.1 Å². The van der Waals surface area contributed by atoms with Crippen LogP contribution >= 0.6 is 0 Å². The molecule has 0 aliphatic carbocycles. The number of carbonyl (C=O) groups is 2. The molecule has 1 amide bonds. The molecule has 0 N–H and O–H groups in total. The SMILES string of the molecule is CCN(CC)C(=O)CCC(=O)c1ccc(F)cc1. The maximum Gasteiger partial charge on any atom is 0.223 e. The van der Waals surface area contributed by atoms with E-state index in [4.69, 9.17) is 0 Å². The first-order valence-corrected chi connectivity index (χ1v) is 6.15. The molecule has 98 valence electrons. The van der Waals surface area contributed by atoms with Gasteiger partial charge in [-0.05, 0) is 38.1 Å². The first-order chi connectivity index (χ1) is 8.58. The van der Waals surface area contributed by atoms with Crippen molar-refractivity contribution in [3.05, 3.63) is 35.6 Å². The average Bonchev–Trinajstić information content (AvgIpc) is 2.38. The minimum absolute atomic E-state index is 0.0181. The molecule has 0 aromatic heterocycles. The summed E-state index contributed by atoms with van der Waals surface area (Å²) in [5, 5.41) is 0. The molecule has 0 atom stereocenters. The van der Waals surface area contributed by atoms with Gasteiger partial charge in [0.2, 0.25) is 5.91 Å². The van der Waals surface area contributed by atoms with E-state index in [1.807, 2.05) is 13.8 Å². The normalized spacial score (nSPS) is 10.2. The van der Waals surface area contributed by atoms with Crippen LogP contribution in [0.25, 0.3) is 0 Å². The molecule has 18 heavy (non-hydrogen) atoms. The standard InChI is InChI=1S/C14H18FNO2/c1-3-16(4-2)14(18)10-9-13(17)11-5-7-12(15)8-6-11/h5-8H,3-4,9-10H2,1-2H3. The van der Waals surface area contributed by atoms with Gasteiger partial charge < -0.3 is 4.90 Å². The van der Waals surface area contributed by atoms with Crippen LogP contribution in [0.3, 0.4) is 0 Å². The zero-order valence-corrected chi connectivity index (χ0v) is 10.8. The summed E-state index contributed by atoms with van der Waals surface area (Å²) in [5.74, 6) is -0.517. The second kappa shape index (κ2) is 6.89. The Morgan fingerprint density at radius 1 is 1.06 bits per heavy atom. The lowest BCUT2D eigenvalue weighted by Gasteiger charge is -2.18. The van der Waals surface area contributed by atoms with Gasteiger partial charge in [-0.15, -0.1) is 0 Å². The molecule has 0 saturated carbocycles. The Hall–Kier alpha value is -1.71. The predicted octanol–water partition coefficient (Wildman–Crippen LogP) is 2.66. The highest BCUT2D eigenvalue weighted by molar-refractivity contribution is 5.97. The van der Waals surface area contributed by atoms with Crippen LogP contribution in [-0.2, 0) is 4.79 Å². The molecule has 0 radical (unpaired) electrons. The number of nitrogens with zero attached hydrogens (tertiary/aromatic N) is 1. The minimum atomic E-state index is -0.370. The van der Waals surface area contributed by atoms with Crippen LogP contribution < -0.4 is 0 Å². The highest BCUT2D eigenvalue weighted by Gasteiger charge is 2.13. The van der Waals surface area contributed by atoms with E-state index in [2.05, 4.69) is 0 Å². The summed E-state index contributed by atoms with van der Waals surface area (Å²) in [7, 11) is 0. The Balaban J connectivity index is 2.51. The van der Waals surface area contributed by atoms with Gasteiger partial charge >= 0.3 is 0 Å². The quantitative estimate of drug-likeness (QED) is 0.729. The average molecular weight is 251 g/mol. The van der Waals surface area contributed by atoms with E-state index in [9.17, 15) is 14.0 Å². The van der Waals surface area contributed by atoms with E-state index in [1.54, 1.807) is 4.90 Å². The summed E-state index contributed by atoms with van der Waals surface area (Å²) in [6.45, 7) is 5.12. The lowest BCUT2D eigenvalue weighted by atomic mass is 10.1. The molecule has 1 aromatic rings. The van der Waals surface area contributed by atoms with Gasteiger partial charge in [0.15, 0.2) is 5.78 Å². The molecule has 0 aliphatic heterocycles. The number of halogens is 1. The van der Waals surface area contributed by atoms with Gasteiger partial charge in [0.05, 0.1) is 0 Å². The topological polar surface area (TPSA) is 37.4 Å². The Bertz CT molecular complexity index is 410. The van der Waals surface area contributed by atoms with Gasteiger partial charge in [0.1, 0.15) is 5.82 Å². The van der Waals surface area contributed by atoms with Crippen molar-refractivity contribution in [2.45, 2.75) is 26.7 Å². The van der Waals surface area contributed by atoms with Gasteiger partial charge in [-0.2, -0.15) is 0 Å². The number of Topliss-reactive ketones (excluding diaryl/α,β-unsaturated/α-hetero) is 1. The molecule has 1 rings (SSSR count). The Labute approximate surface area is 107 Å². The summed E-state index contributed by atoms with van der Waals surface area (Å²) < 4.78 is 12.7. The van der Waals surface area contributed by atoms with Crippen LogP contribution in [0.15, 0.2) is 24.3 Å². The van der Waals surface area contributed by atoms with Gasteiger partial charge in [-0.3, -0.25) is 9.59 Å². The van der Waals surface area contributed by atoms with E-state index in [1.165, 1.54) is 24.3 Å². The highest BCUT2D eigenvalue weighted by atomic mass is 19.1. The number of hydrogen-bond acceptors (Lipinski definition) is 2. The van der Waals surface area contributed by atoms with E-state index in [0.29, 0.717) is 18.7 Å². The van der Waals surface area contributed by atoms with Crippen molar-refractivity contribution >= 4 is 11.7 Å². The number of ketones is 1. The summed E-state index contributed by atoms with van der Waals surface area (Å²) in [6.07, 6.45) is 0.374. The monoisotopic (exact) mass is 251 g/mol. The van der Waals surface area contributed by atoms with Crippen molar-refractivity contribution in [3.8, 4) is 0 Å². The summed E-state index contributed by atoms with van der Waals surface area (Å²) >= 11 is 0. The van der Waals surface area contributed by atoms with Gasteiger partial charge in [-0.1, -0.05) is 0 Å². The highest BCUT2D eigenvalue weighted by Crippen LogP contribution is 2.08. The third kappa shape index (κ3) is 3.95. The molecule has 0 aliphatic rings. The number of benzene rings is 1. The fraction of sp³-hybridized carbons (Fsp3) is 0.429. The van der Waals surface area contributed by atoms with Crippen molar-refractivity contribution in [3.63, 3.8) is 0 Å². The molecular weight excluding hydrogens is 233 g/mol. The van der Waals surface area contributed by atoms with Gasteiger partial charge in [0, 0.05) is 31.5 Å². The first-order valence-electron chi connectivity index (χ1n) is 6.15. The molecule has 0 saturated heterocycles. The Morgan fingerprint density at radius 2 is 1.61 bits per heavy atom. The molecule has 0 bridgehead atoms.